The van der Waals surface area contributed by atoms with E-state index in [1.165, 1.54) is 12.1 Å². The van der Waals surface area contributed by atoms with Gasteiger partial charge in [-0.2, -0.15) is 0 Å². The molecule has 0 saturated heterocycles. The smallest absolute Gasteiger partial charge is 0.241 e. The van der Waals surface area contributed by atoms with Crippen LogP contribution in [0.15, 0.2) is 35.5 Å². The summed E-state index contributed by atoms with van der Waals surface area (Å²) >= 11 is 0. The molecule has 0 saturated carbocycles. The predicted octanol–water partition coefficient (Wildman–Crippen LogP) is 2.47. The molecular weight excluding hydrogens is 305 g/mol. The number of benzene rings is 1. The molecule has 22 heavy (non-hydrogen) atoms. The molecule has 0 amide bonds. The second-order valence-corrected chi connectivity index (χ2v) is 7.36. The summed E-state index contributed by atoms with van der Waals surface area (Å²) in [5.74, 6) is 0.630. The molecule has 120 valence electrons. The molecule has 0 aliphatic rings. The topological polar surface area (TPSA) is 64.0 Å². The molecule has 0 atom stereocenters. The van der Waals surface area contributed by atoms with E-state index >= 15 is 0 Å². The highest BCUT2D eigenvalue weighted by Crippen LogP contribution is 2.16. The summed E-state index contributed by atoms with van der Waals surface area (Å²) in [6.45, 7) is 6.59. The lowest BCUT2D eigenvalue weighted by molar-refractivity contribution is 0.502. The van der Waals surface area contributed by atoms with Crippen molar-refractivity contribution in [2.45, 2.75) is 38.8 Å². The second kappa shape index (κ2) is 6.58. The number of nitrogens with zero attached hydrogens (tertiary/aromatic N) is 2. The molecule has 2 aromatic rings. The maximum atomic E-state index is 13.1. The van der Waals surface area contributed by atoms with Crippen molar-refractivity contribution in [3.8, 4) is 0 Å². The first-order valence-electron chi connectivity index (χ1n) is 7.05. The van der Waals surface area contributed by atoms with Crippen LogP contribution in [0, 0.1) is 18.7 Å². The predicted molar refractivity (Wildman–Crippen MR) is 82.2 cm³/mol. The van der Waals surface area contributed by atoms with Crippen LogP contribution in [0.1, 0.15) is 25.2 Å². The Hall–Kier alpha value is -1.73. The molecule has 1 aromatic carbocycles. The quantitative estimate of drug-likeness (QED) is 0.887. The minimum atomic E-state index is -3.70. The van der Waals surface area contributed by atoms with Crippen LogP contribution in [0.3, 0.4) is 0 Å². The van der Waals surface area contributed by atoms with Crippen molar-refractivity contribution >= 4 is 10.0 Å². The minimum absolute atomic E-state index is 0.0795. The number of sulfonamides is 1. The van der Waals surface area contributed by atoms with E-state index in [0.717, 1.165) is 12.6 Å². The Balaban J connectivity index is 2.15. The Morgan fingerprint density at radius 1 is 1.36 bits per heavy atom. The first-order valence-corrected chi connectivity index (χ1v) is 8.53. The largest absolute Gasteiger partial charge is 0.334 e. The van der Waals surface area contributed by atoms with E-state index in [-0.39, 0.29) is 11.4 Å². The van der Waals surface area contributed by atoms with Gasteiger partial charge in [-0.25, -0.2) is 22.5 Å². The molecule has 1 heterocycles. The van der Waals surface area contributed by atoms with Gasteiger partial charge in [0.05, 0.1) is 11.4 Å². The van der Waals surface area contributed by atoms with Crippen molar-refractivity contribution in [1.82, 2.24) is 14.3 Å². The lowest BCUT2D eigenvalue weighted by Gasteiger charge is -2.12. The average Bonchev–Trinajstić information content (AvgIpc) is 2.82. The summed E-state index contributed by atoms with van der Waals surface area (Å²) in [5.41, 5.74) is 0.373. The van der Waals surface area contributed by atoms with Crippen LogP contribution in [0.5, 0.6) is 0 Å². The number of imidazole rings is 1. The molecule has 0 radical (unpaired) electrons. The number of aryl methyl sites for hydroxylation is 1. The van der Waals surface area contributed by atoms with Crippen LogP contribution in [-0.2, 0) is 23.1 Å². The van der Waals surface area contributed by atoms with E-state index in [2.05, 4.69) is 23.6 Å². The Kier molecular flexibility index (Phi) is 4.97. The fraction of sp³-hybridized carbons (Fsp3) is 0.400. The zero-order valence-corrected chi connectivity index (χ0v) is 13.7. The minimum Gasteiger partial charge on any atom is -0.334 e. The Morgan fingerprint density at radius 3 is 2.73 bits per heavy atom. The molecule has 2 rings (SSSR count). The van der Waals surface area contributed by atoms with Gasteiger partial charge in [0.15, 0.2) is 0 Å². The molecule has 0 spiro atoms. The fourth-order valence-electron chi connectivity index (χ4n) is 2.22. The van der Waals surface area contributed by atoms with Crippen molar-refractivity contribution in [3.63, 3.8) is 0 Å². The summed E-state index contributed by atoms with van der Waals surface area (Å²) in [6.07, 6.45) is 3.47. The number of halogens is 1. The van der Waals surface area contributed by atoms with Crippen LogP contribution >= 0.6 is 0 Å². The van der Waals surface area contributed by atoms with E-state index in [0.29, 0.717) is 17.3 Å². The molecule has 0 bridgehead atoms. The molecule has 0 aliphatic heterocycles. The molecular formula is C15H20FN3O2S. The molecule has 7 heteroatoms. The molecule has 0 fully saturated rings. The number of nitrogens with one attached hydrogen (secondary N) is 1. The summed E-state index contributed by atoms with van der Waals surface area (Å²) in [7, 11) is -3.70. The van der Waals surface area contributed by atoms with E-state index < -0.39 is 15.8 Å². The number of hydrogen-bond acceptors (Lipinski definition) is 3. The van der Waals surface area contributed by atoms with Crippen LogP contribution < -0.4 is 4.72 Å². The van der Waals surface area contributed by atoms with Gasteiger partial charge in [-0.05, 0) is 36.6 Å². The van der Waals surface area contributed by atoms with Gasteiger partial charge in [0.1, 0.15) is 11.6 Å². The summed E-state index contributed by atoms with van der Waals surface area (Å²) in [6, 6.07) is 3.61. The third-order valence-electron chi connectivity index (χ3n) is 3.21. The normalized spacial score (nSPS) is 12.0. The monoisotopic (exact) mass is 325 g/mol. The summed E-state index contributed by atoms with van der Waals surface area (Å²) in [5, 5.41) is 0. The number of aromatic nitrogens is 2. The molecule has 1 aromatic heterocycles. The molecule has 1 N–H and O–H groups in total. The van der Waals surface area contributed by atoms with Crippen LogP contribution in [0.4, 0.5) is 4.39 Å². The van der Waals surface area contributed by atoms with E-state index in [4.69, 9.17) is 0 Å². The lowest BCUT2D eigenvalue weighted by atomic mass is 10.2. The Morgan fingerprint density at radius 2 is 2.09 bits per heavy atom. The van der Waals surface area contributed by atoms with E-state index in [1.54, 1.807) is 13.1 Å². The highest BCUT2D eigenvalue weighted by molar-refractivity contribution is 7.89. The number of hydrogen-bond donors (Lipinski definition) is 1. The van der Waals surface area contributed by atoms with Gasteiger partial charge in [0.25, 0.3) is 0 Å². The standard InChI is InChI=1S/C15H20FN3O2S/c1-11(2)10-19-7-6-17-15(19)9-18-22(20,21)14-5-4-13(16)8-12(14)3/h4-8,11,18H,9-10H2,1-3H3. The van der Waals surface area contributed by atoms with Gasteiger partial charge in [-0.3, -0.25) is 0 Å². The van der Waals surface area contributed by atoms with Gasteiger partial charge >= 0.3 is 0 Å². The van der Waals surface area contributed by atoms with Gasteiger partial charge < -0.3 is 4.57 Å². The van der Waals surface area contributed by atoms with Crippen molar-refractivity contribution in [2.75, 3.05) is 0 Å². The SMILES string of the molecule is Cc1cc(F)ccc1S(=O)(=O)NCc1nccn1CC(C)C. The van der Waals surface area contributed by atoms with Crippen LogP contribution in [-0.4, -0.2) is 18.0 Å². The highest BCUT2D eigenvalue weighted by atomic mass is 32.2. The van der Waals surface area contributed by atoms with Crippen molar-refractivity contribution < 1.29 is 12.8 Å². The average molecular weight is 325 g/mol. The first kappa shape index (κ1) is 16.6. The molecule has 0 unspecified atom stereocenters. The maximum Gasteiger partial charge on any atom is 0.241 e. The maximum absolute atomic E-state index is 13.1. The Labute approximate surface area is 130 Å². The highest BCUT2D eigenvalue weighted by Gasteiger charge is 2.18. The van der Waals surface area contributed by atoms with Gasteiger partial charge in [-0.15, -0.1) is 0 Å². The van der Waals surface area contributed by atoms with Gasteiger partial charge in [0.2, 0.25) is 10.0 Å². The summed E-state index contributed by atoms with van der Waals surface area (Å²) < 4.78 is 42.2. The van der Waals surface area contributed by atoms with Crippen molar-refractivity contribution in [2.24, 2.45) is 5.92 Å². The van der Waals surface area contributed by atoms with Gasteiger partial charge in [-0.1, -0.05) is 13.8 Å². The lowest BCUT2D eigenvalue weighted by Crippen LogP contribution is -2.26. The van der Waals surface area contributed by atoms with Crippen LogP contribution in [0.25, 0.3) is 0 Å². The third kappa shape index (κ3) is 3.92. The second-order valence-electron chi connectivity index (χ2n) is 5.62. The molecule has 0 aliphatic carbocycles. The van der Waals surface area contributed by atoms with Gasteiger partial charge in [0, 0.05) is 18.9 Å². The van der Waals surface area contributed by atoms with Crippen LogP contribution in [0.2, 0.25) is 0 Å². The zero-order chi connectivity index (χ0) is 16.3. The zero-order valence-electron chi connectivity index (χ0n) is 12.9. The van der Waals surface area contributed by atoms with E-state index in [9.17, 15) is 12.8 Å². The summed E-state index contributed by atoms with van der Waals surface area (Å²) in [4.78, 5) is 4.26. The third-order valence-corrected chi connectivity index (χ3v) is 4.77. The number of rotatable bonds is 6. The first-order chi connectivity index (χ1) is 10.3. The van der Waals surface area contributed by atoms with E-state index in [1.807, 2.05) is 10.8 Å². The molecule has 5 nitrogen and oxygen atoms in total. The Bertz CT molecular complexity index is 754. The fourth-order valence-corrected chi connectivity index (χ4v) is 3.42. The van der Waals surface area contributed by atoms with Crippen molar-refractivity contribution in [1.29, 1.82) is 0 Å². The van der Waals surface area contributed by atoms with Crippen molar-refractivity contribution in [3.05, 3.63) is 47.8 Å².